The predicted molar refractivity (Wildman–Crippen MR) is 79.3 cm³/mol. The van der Waals surface area contributed by atoms with Gasteiger partial charge in [0.15, 0.2) is 0 Å². The third kappa shape index (κ3) is 3.61. The van der Waals surface area contributed by atoms with E-state index in [1.807, 2.05) is 13.8 Å². The van der Waals surface area contributed by atoms with Crippen LogP contribution in [0.25, 0.3) is 0 Å². The van der Waals surface area contributed by atoms with Gasteiger partial charge in [-0.3, -0.25) is 0 Å². The van der Waals surface area contributed by atoms with Gasteiger partial charge in [-0.05, 0) is 32.0 Å². The molecule has 18 heavy (non-hydrogen) atoms. The van der Waals surface area contributed by atoms with Crippen molar-refractivity contribution < 1.29 is 8.42 Å². The predicted octanol–water partition coefficient (Wildman–Crippen LogP) is 3.79. The van der Waals surface area contributed by atoms with Crippen LogP contribution in [0.2, 0.25) is 10.0 Å². The summed E-state index contributed by atoms with van der Waals surface area (Å²) in [5, 5.41) is 1.15. The van der Waals surface area contributed by atoms with Crippen molar-refractivity contribution in [2.24, 2.45) is 0 Å². The van der Waals surface area contributed by atoms with Crippen molar-refractivity contribution in [1.82, 2.24) is 4.31 Å². The third-order valence-electron chi connectivity index (χ3n) is 2.38. The highest BCUT2D eigenvalue weighted by Crippen LogP contribution is 2.27. The lowest BCUT2D eigenvalue weighted by Gasteiger charge is -2.25. The Balaban J connectivity index is 3.22. The first-order chi connectivity index (χ1) is 8.30. The maximum atomic E-state index is 12.4. The topological polar surface area (TPSA) is 37.4 Å². The van der Waals surface area contributed by atoms with Crippen molar-refractivity contribution in [3.8, 4) is 0 Å². The van der Waals surface area contributed by atoms with Crippen molar-refractivity contribution in [3.05, 3.63) is 28.2 Å². The quantitative estimate of drug-likeness (QED) is 0.735. The van der Waals surface area contributed by atoms with E-state index in [0.717, 1.165) is 0 Å². The second-order valence-electron chi connectivity index (χ2n) is 3.97. The van der Waals surface area contributed by atoms with Crippen LogP contribution >= 0.6 is 39.1 Å². The zero-order valence-corrected chi connectivity index (χ0v) is 13.9. The van der Waals surface area contributed by atoms with E-state index in [9.17, 15) is 8.42 Å². The van der Waals surface area contributed by atoms with Gasteiger partial charge in [-0.15, -0.1) is 0 Å². The first-order valence-corrected chi connectivity index (χ1v) is 8.65. The fourth-order valence-corrected chi connectivity index (χ4v) is 4.16. The lowest BCUT2D eigenvalue weighted by Crippen LogP contribution is -2.38. The molecule has 0 aliphatic heterocycles. The molecule has 7 heteroatoms. The summed E-state index contributed by atoms with van der Waals surface area (Å²) in [6, 6.07) is 4.21. The normalized spacial score (nSPS) is 12.4. The molecular formula is C11H14BrCl2NO2S. The van der Waals surface area contributed by atoms with Gasteiger partial charge in [0.2, 0.25) is 10.0 Å². The standard InChI is InChI=1S/C11H14BrCl2NO2S/c1-8(2)15(6-5-12)18(16,17)9-3-4-10(13)11(14)7-9/h3-4,7-8H,5-6H2,1-2H3. The van der Waals surface area contributed by atoms with Crippen LogP contribution in [0, 0.1) is 0 Å². The van der Waals surface area contributed by atoms with E-state index in [-0.39, 0.29) is 16.0 Å². The number of rotatable bonds is 5. The van der Waals surface area contributed by atoms with Crippen LogP contribution < -0.4 is 0 Å². The fourth-order valence-electron chi connectivity index (χ4n) is 1.51. The fraction of sp³-hybridized carbons (Fsp3) is 0.455. The number of sulfonamides is 1. The second-order valence-corrected chi connectivity index (χ2v) is 7.47. The molecule has 0 saturated carbocycles. The van der Waals surface area contributed by atoms with Crippen LogP contribution in [-0.4, -0.2) is 30.6 Å². The molecule has 0 atom stereocenters. The molecule has 102 valence electrons. The molecule has 3 nitrogen and oxygen atoms in total. The largest absolute Gasteiger partial charge is 0.243 e. The number of hydrogen-bond donors (Lipinski definition) is 0. The van der Waals surface area contributed by atoms with Gasteiger partial charge in [-0.1, -0.05) is 39.1 Å². The smallest absolute Gasteiger partial charge is 0.207 e. The Morgan fingerprint density at radius 1 is 1.28 bits per heavy atom. The summed E-state index contributed by atoms with van der Waals surface area (Å²) in [5.74, 6) is 0. The minimum Gasteiger partial charge on any atom is -0.207 e. The highest BCUT2D eigenvalue weighted by molar-refractivity contribution is 9.09. The molecule has 0 radical (unpaired) electrons. The van der Waals surface area contributed by atoms with Crippen LogP contribution in [0.1, 0.15) is 13.8 Å². The summed E-state index contributed by atoms with van der Waals surface area (Å²) >= 11 is 14.9. The van der Waals surface area contributed by atoms with Gasteiger partial charge < -0.3 is 0 Å². The number of benzene rings is 1. The van der Waals surface area contributed by atoms with Crippen LogP contribution in [0.3, 0.4) is 0 Å². The zero-order valence-electron chi connectivity index (χ0n) is 10.0. The lowest BCUT2D eigenvalue weighted by atomic mass is 10.4. The molecule has 1 aromatic carbocycles. The van der Waals surface area contributed by atoms with E-state index in [0.29, 0.717) is 16.9 Å². The van der Waals surface area contributed by atoms with Crippen molar-refractivity contribution in [3.63, 3.8) is 0 Å². The van der Waals surface area contributed by atoms with Crippen molar-refractivity contribution in [2.75, 3.05) is 11.9 Å². The van der Waals surface area contributed by atoms with Crippen molar-refractivity contribution >= 4 is 49.2 Å². The third-order valence-corrected chi connectivity index (χ3v) is 5.54. The number of halogens is 3. The Hall–Kier alpha value is 0.190. The molecule has 0 aliphatic carbocycles. The summed E-state index contributed by atoms with van der Waals surface area (Å²) in [5.41, 5.74) is 0. The van der Waals surface area contributed by atoms with Gasteiger partial charge >= 0.3 is 0 Å². The number of hydrogen-bond acceptors (Lipinski definition) is 2. The summed E-state index contributed by atoms with van der Waals surface area (Å²) in [7, 11) is -3.54. The Kier molecular flexibility index (Phi) is 5.93. The SMILES string of the molecule is CC(C)N(CCBr)S(=O)(=O)c1ccc(Cl)c(Cl)c1. The van der Waals surface area contributed by atoms with Gasteiger partial charge in [0.05, 0.1) is 14.9 Å². The summed E-state index contributed by atoms with van der Waals surface area (Å²) in [4.78, 5) is 0.159. The molecule has 0 saturated heterocycles. The van der Waals surface area contributed by atoms with E-state index < -0.39 is 10.0 Å². The Bertz CT molecular complexity index is 520. The van der Waals surface area contributed by atoms with E-state index in [1.165, 1.54) is 22.5 Å². The highest BCUT2D eigenvalue weighted by Gasteiger charge is 2.26. The first-order valence-electron chi connectivity index (χ1n) is 5.33. The molecule has 0 bridgehead atoms. The van der Waals surface area contributed by atoms with Gasteiger partial charge in [-0.25, -0.2) is 8.42 Å². The second kappa shape index (κ2) is 6.57. The molecule has 0 unspecified atom stereocenters. The van der Waals surface area contributed by atoms with Crippen LogP contribution in [0.4, 0.5) is 0 Å². The maximum absolute atomic E-state index is 12.4. The first kappa shape index (κ1) is 16.2. The van der Waals surface area contributed by atoms with E-state index >= 15 is 0 Å². The lowest BCUT2D eigenvalue weighted by molar-refractivity contribution is 0.372. The Morgan fingerprint density at radius 2 is 1.89 bits per heavy atom. The summed E-state index contributed by atoms with van der Waals surface area (Å²) in [6.45, 7) is 4.07. The van der Waals surface area contributed by atoms with Crippen molar-refractivity contribution in [2.45, 2.75) is 24.8 Å². The van der Waals surface area contributed by atoms with Crippen LogP contribution in [-0.2, 0) is 10.0 Å². The van der Waals surface area contributed by atoms with Gasteiger partial charge in [-0.2, -0.15) is 4.31 Å². The molecule has 0 aliphatic rings. The maximum Gasteiger partial charge on any atom is 0.243 e. The molecule has 0 heterocycles. The van der Waals surface area contributed by atoms with E-state index in [2.05, 4.69) is 15.9 Å². The number of nitrogens with zero attached hydrogens (tertiary/aromatic N) is 1. The molecule has 1 rings (SSSR count). The average molecular weight is 375 g/mol. The number of alkyl halides is 1. The molecular weight excluding hydrogens is 361 g/mol. The van der Waals surface area contributed by atoms with Crippen LogP contribution in [0.5, 0.6) is 0 Å². The molecule has 0 aromatic heterocycles. The summed E-state index contributed by atoms with van der Waals surface area (Å²) in [6.07, 6.45) is 0. The zero-order chi connectivity index (χ0) is 13.9. The minimum atomic E-state index is -3.54. The monoisotopic (exact) mass is 373 g/mol. The highest BCUT2D eigenvalue weighted by atomic mass is 79.9. The van der Waals surface area contributed by atoms with Crippen LogP contribution in [0.15, 0.2) is 23.1 Å². The van der Waals surface area contributed by atoms with E-state index in [1.54, 1.807) is 0 Å². The molecule has 0 N–H and O–H groups in total. The Labute approximate surface area is 126 Å². The van der Waals surface area contributed by atoms with Gasteiger partial charge in [0.1, 0.15) is 0 Å². The minimum absolute atomic E-state index is 0.123. The molecule has 0 fully saturated rings. The Morgan fingerprint density at radius 3 is 2.33 bits per heavy atom. The van der Waals surface area contributed by atoms with E-state index in [4.69, 9.17) is 23.2 Å². The summed E-state index contributed by atoms with van der Waals surface area (Å²) < 4.78 is 26.3. The molecule has 0 amide bonds. The average Bonchev–Trinajstić information content (AvgIpc) is 2.28. The van der Waals surface area contributed by atoms with Gasteiger partial charge in [0, 0.05) is 17.9 Å². The van der Waals surface area contributed by atoms with Gasteiger partial charge in [0.25, 0.3) is 0 Å². The van der Waals surface area contributed by atoms with Crippen molar-refractivity contribution in [1.29, 1.82) is 0 Å². The molecule has 0 spiro atoms. The molecule has 1 aromatic rings.